The van der Waals surface area contributed by atoms with Gasteiger partial charge in [0.1, 0.15) is 0 Å². The summed E-state index contributed by atoms with van der Waals surface area (Å²) in [6, 6.07) is 6.83. The fraction of sp³-hybridized carbons (Fsp3) is 0.531. The number of carbonyl (C=O) groups excluding carboxylic acids is 2. The number of Topliss-reactive ketones (excluding diaryl/α,β-unsaturated/α-hetero) is 1. The number of aromatic nitrogens is 4. The SMILES string of the molecule is CC=CCn1c(N2CCCC(N)C2)nc2c1c(=O)n(CC(=O)c1ccccc1NC(=O)C13CCC(CC1)CC3)c(=O)n2C. The fourth-order valence-electron chi connectivity index (χ4n) is 7.23. The number of aryl methyl sites for hydroxylation is 1. The Morgan fingerprint density at radius 2 is 1.81 bits per heavy atom. The van der Waals surface area contributed by atoms with Crippen molar-refractivity contribution >= 4 is 34.5 Å². The van der Waals surface area contributed by atoms with Crippen molar-refractivity contribution in [1.29, 1.82) is 0 Å². The third-order valence-electron chi connectivity index (χ3n) is 9.83. The topological polar surface area (TPSA) is 137 Å². The zero-order chi connectivity index (χ0) is 30.3. The molecule has 1 unspecified atom stereocenters. The molecule has 0 radical (unpaired) electrons. The number of nitrogens with one attached hydrogen (secondary N) is 1. The number of anilines is 2. The Balaban J connectivity index is 1.35. The normalized spacial score (nSPS) is 23.7. The number of hydrogen-bond acceptors (Lipinski definition) is 7. The maximum absolute atomic E-state index is 14.0. The molecule has 1 aliphatic heterocycles. The zero-order valence-corrected chi connectivity index (χ0v) is 25.1. The summed E-state index contributed by atoms with van der Waals surface area (Å²) in [4.78, 5) is 61.5. The lowest BCUT2D eigenvalue weighted by Crippen LogP contribution is -2.44. The van der Waals surface area contributed by atoms with Crippen LogP contribution in [-0.2, 0) is 24.9 Å². The first-order valence-corrected chi connectivity index (χ1v) is 15.5. The van der Waals surface area contributed by atoms with Crippen molar-refractivity contribution < 1.29 is 9.59 Å². The summed E-state index contributed by atoms with van der Waals surface area (Å²) >= 11 is 0. The summed E-state index contributed by atoms with van der Waals surface area (Å²) in [5.74, 6) is 0.840. The number of carbonyl (C=O) groups is 2. The number of benzene rings is 1. The van der Waals surface area contributed by atoms with Gasteiger partial charge in [-0.3, -0.25) is 23.5 Å². The van der Waals surface area contributed by atoms with Gasteiger partial charge in [0, 0.05) is 43.7 Å². The standard InChI is InChI=1S/C32H41N7O4/c1-3-4-18-38-26-27(35-30(38)37-17-7-8-22(33)19-37)36(2)31(43)39(28(26)41)20-25(40)23-9-5-6-10-24(23)34-29(42)32-14-11-21(12-15-32)13-16-32/h3-6,9-10,21-22H,7-8,11-20,33H2,1-2H3,(H,34,42). The Morgan fingerprint density at radius 1 is 1.09 bits per heavy atom. The Labute approximate surface area is 250 Å². The number of hydrogen-bond donors (Lipinski definition) is 2. The van der Waals surface area contributed by atoms with Crippen LogP contribution in [0.3, 0.4) is 0 Å². The van der Waals surface area contributed by atoms with Crippen LogP contribution in [-0.4, -0.2) is 49.5 Å². The highest BCUT2D eigenvalue weighted by atomic mass is 16.2. The van der Waals surface area contributed by atoms with Crippen LogP contribution in [0.2, 0.25) is 0 Å². The highest BCUT2D eigenvalue weighted by Gasteiger charge is 2.46. The molecule has 7 rings (SSSR count). The molecule has 4 aliphatic rings. The average molecular weight is 588 g/mol. The van der Waals surface area contributed by atoms with Gasteiger partial charge >= 0.3 is 5.69 Å². The molecule has 0 spiro atoms. The summed E-state index contributed by atoms with van der Waals surface area (Å²) in [6.07, 6.45) is 11.5. The van der Waals surface area contributed by atoms with Crippen molar-refractivity contribution in [3.63, 3.8) is 0 Å². The molecule has 2 bridgehead atoms. The van der Waals surface area contributed by atoms with Gasteiger partial charge in [-0.1, -0.05) is 24.3 Å². The van der Waals surface area contributed by atoms with E-state index < -0.39 is 23.6 Å². The number of allylic oxidation sites excluding steroid dienone is 2. The minimum Gasteiger partial charge on any atom is -0.341 e. The largest absolute Gasteiger partial charge is 0.341 e. The van der Waals surface area contributed by atoms with Gasteiger partial charge in [-0.25, -0.2) is 4.79 Å². The van der Waals surface area contributed by atoms with Crippen molar-refractivity contribution in [2.45, 2.75) is 77.4 Å². The van der Waals surface area contributed by atoms with E-state index in [2.05, 4.69) is 10.2 Å². The van der Waals surface area contributed by atoms with E-state index in [9.17, 15) is 19.2 Å². The van der Waals surface area contributed by atoms with Crippen molar-refractivity contribution in [2.24, 2.45) is 24.1 Å². The van der Waals surface area contributed by atoms with E-state index in [0.29, 0.717) is 24.7 Å². The molecule has 4 fully saturated rings. The first-order chi connectivity index (χ1) is 20.7. The molecule has 43 heavy (non-hydrogen) atoms. The lowest BCUT2D eigenvalue weighted by Gasteiger charge is -2.45. The average Bonchev–Trinajstić information content (AvgIpc) is 3.42. The second kappa shape index (κ2) is 11.6. The predicted octanol–water partition coefficient (Wildman–Crippen LogP) is 3.19. The molecule has 11 heteroatoms. The smallest absolute Gasteiger partial charge is 0.332 e. The van der Waals surface area contributed by atoms with Crippen molar-refractivity contribution in [2.75, 3.05) is 23.3 Å². The summed E-state index contributed by atoms with van der Waals surface area (Å²) in [6.45, 7) is 3.17. The Morgan fingerprint density at radius 3 is 2.51 bits per heavy atom. The third kappa shape index (κ3) is 5.24. The van der Waals surface area contributed by atoms with Crippen LogP contribution in [0.4, 0.5) is 11.6 Å². The fourth-order valence-corrected chi connectivity index (χ4v) is 7.23. The van der Waals surface area contributed by atoms with Crippen LogP contribution in [0.15, 0.2) is 46.0 Å². The molecular weight excluding hydrogens is 546 g/mol. The minimum absolute atomic E-state index is 0.00451. The monoisotopic (exact) mass is 587 g/mol. The van der Waals surface area contributed by atoms with Crippen molar-refractivity contribution in [1.82, 2.24) is 18.7 Å². The first-order valence-electron chi connectivity index (χ1n) is 15.5. The number of nitrogens with two attached hydrogens (primary N) is 1. The van der Waals surface area contributed by atoms with Gasteiger partial charge in [0.2, 0.25) is 11.9 Å². The van der Waals surface area contributed by atoms with E-state index in [1.807, 2.05) is 23.6 Å². The summed E-state index contributed by atoms with van der Waals surface area (Å²) in [5, 5.41) is 3.04. The molecule has 3 N–H and O–H groups in total. The molecule has 3 saturated carbocycles. The number of ketones is 1. The van der Waals surface area contributed by atoms with Crippen molar-refractivity contribution in [3.8, 4) is 0 Å². The lowest BCUT2D eigenvalue weighted by molar-refractivity contribution is -0.131. The molecule has 3 aromatic rings. The Bertz CT molecular complexity index is 1690. The highest BCUT2D eigenvalue weighted by molar-refractivity contribution is 6.06. The number of fused-ring (bicyclic) bond motifs is 4. The summed E-state index contributed by atoms with van der Waals surface area (Å²) < 4.78 is 4.11. The number of rotatable bonds is 8. The van der Waals surface area contributed by atoms with Crippen LogP contribution in [0.25, 0.3) is 11.2 Å². The Kier molecular flexibility index (Phi) is 7.85. The summed E-state index contributed by atoms with van der Waals surface area (Å²) in [5.41, 5.74) is 5.88. The van der Waals surface area contributed by atoms with Gasteiger partial charge in [-0.2, -0.15) is 4.98 Å². The van der Waals surface area contributed by atoms with Crippen LogP contribution in [0.5, 0.6) is 0 Å². The maximum Gasteiger partial charge on any atom is 0.332 e. The van der Waals surface area contributed by atoms with Gasteiger partial charge in [0.05, 0.1) is 12.2 Å². The lowest BCUT2D eigenvalue weighted by atomic mass is 9.60. The predicted molar refractivity (Wildman–Crippen MR) is 166 cm³/mol. The van der Waals surface area contributed by atoms with Crippen molar-refractivity contribution in [3.05, 3.63) is 62.8 Å². The molecule has 1 atom stereocenters. The summed E-state index contributed by atoms with van der Waals surface area (Å²) in [7, 11) is 1.57. The van der Waals surface area contributed by atoms with Gasteiger partial charge in [-0.15, -0.1) is 0 Å². The molecule has 228 valence electrons. The molecule has 3 aliphatic carbocycles. The second-order valence-electron chi connectivity index (χ2n) is 12.5. The van der Waals surface area contributed by atoms with Gasteiger partial charge in [0.25, 0.3) is 5.56 Å². The second-order valence-corrected chi connectivity index (χ2v) is 12.5. The van der Waals surface area contributed by atoms with Crippen LogP contribution >= 0.6 is 0 Å². The van der Waals surface area contributed by atoms with Gasteiger partial charge in [-0.05, 0) is 76.3 Å². The molecule has 1 aromatic carbocycles. The number of para-hydroxylation sites is 1. The molecule has 1 saturated heterocycles. The van der Waals surface area contributed by atoms with Crippen LogP contribution in [0, 0.1) is 11.3 Å². The maximum atomic E-state index is 14.0. The van der Waals surface area contributed by atoms with Crippen LogP contribution < -0.4 is 27.2 Å². The number of nitrogens with zero attached hydrogens (tertiary/aromatic N) is 5. The van der Waals surface area contributed by atoms with Crippen LogP contribution in [0.1, 0.15) is 68.6 Å². The molecular formula is C32H41N7O4. The minimum atomic E-state index is -0.622. The van der Waals surface area contributed by atoms with E-state index in [4.69, 9.17) is 10.7 Å². The van der Waals surface area contributed by atoms with E-state index >= 15 is 0 Å². The van der Waals surface area contributed by atoms with Gasteiger partial charge in [0.15, 0.2) is 16.9 Å². The highest BCUT2D eigenvalue weighted by Crippen LogP contribution is 2.50. The number of imidazole rings is 1. The molecule has 1 amide bonds. The third-order valence-corrected chi connectivity index (χ3v) is 9.83. The molecule has 2 aromatic heterocycles. The Hall–Kier alpha value is -3.99. The number of piperidine rings is 1. The zero-order valence-electron chi connectivity index (χ0n) is 25.1. The number of amides is 1. The first kappa shape index (κ1) is 29.1. The van der Waals surface area contributed by atoms with E-state index in [0.717, 1.165) is 68.4 Å². The van der Waals surface area contributed by atoms with Gasteiger partial charge < -0.3 is 20.5 Å². The quantitative estimate of drug-likeness (QED) is 0.305. The van der Waals surface area contributed by atoms with E-state index in [-0.39, 0.29) is 34.1 Å². The van der Waals surface area contributed by atoms with E-state index in [1.165, 1.54) is 4.57 Å². The molecule has 11 nitrogen and oxygen atoms in total. The van der Waals surface area contributed by atoms with E-state index in [1.54, 1.807) is 31.3 Å². The molecule has 3 heterocycles.